The van der Waals surface area contributed by atoms with Gasteiger partial charge in [-0.05, 0) is 58.5 Å². The number of nitrogens with zero attached hydrogens (tertiary/aromatic N) is 1. The normalized spacial score (nSPS) is 28.8. The predicted octanol–water partition coefficient (Wildman–Crippen LogP) is 3.67. The molecule has 0 bridgehead atoms. The van der Waals surface area contributed by atoms with E-state index >= 15 is 0 Å². The van der Waals surface area contributed by atoms with Crippen LogP contribution in [0.4, 0.5) is 4.39 Å². The summed E-state index contributed by atoms with van der Waals surface area (Å²) in [6.45, 7) is 10.8. The summed E-state index contributed by atoms with van der Waals surface area (Å²) in [4.78, 5) is 2.29. The SMILES string of the molecule is CC1(C)OB(C2=CC=C(O[C@H]3CCN(CCCF)C3)CC2)OC1(C)C. The highest BCUT2D eigenvalue weighted by molar-refractivity contribution is 6.54. The molecule has 6 heteroatoms. The van der Waals surface area contributed by atoms with Gasteiger partial charge in [0.05, 0.1) is 23.6 Å². The van der Waals surface area contributed by atoms with Gasteiger partial charge in [0, 0.05) is 26.1 Å². The van der Waals surface area contributed by atoms with E-state index in [1.807, 2.05) is 0 Å². The van der Waals surface area contributed by atoms with Crippen molar-refractivity contribution < 1.29 is 18.4 Å². The van der Waals surface area contributed by atoms with Crippen LogP contribution in [0.15, 0.2) is 23.4 Å². The first-order valence-electron chi connectivity index (χ1n) is 9.51. The fourth-order valence-electron chi connectivity index (χ4n) is 3.52. The lowest BCUT2D eigenvalue weighted by Crippen LogP contribution is -2.41. The summed E-state index contributed by atoms with van der Waals surface area (Å²) in [5.74, 6) is 1.04. The van der Waals surface area contributed by atoms with E-state index in [1.54, 1.807) is 0 Å². The van der Waals surface area contributed by atoms with Gasteiger partial charge in [-0.25, -0.2) is 0 Å². The van der Waals surface area contributed by atoms with Gasteiger partial charge in [0.1, 0.15) is 6.10 Å². The minimum Gasteiger partial charge on any atom is -0.493 e. The van der Waals surface area contributed by atoms with E-state index in [4.69, 9.17) is 14.0 Å². The molecule has 0 aromatic heterocycles. The van der Waals surface area contributed by atoms with Crippen LogP contribution in [-0.2, 0) is 14.0 Å². The van der Waals surface area contributed by atoms with Crippen molar-refractivity contribution in [1.82, 2.24) is 4.90 Å². The Balaban J connectivity index is 1.52. The van der Waals surface area contributed by atoms with Crippen molar-refractivity contribution in [3.63, 3.8) is 0 Å². The molecule has 3 rings (SSSR count). The summed E-state index contributed by atoms with van der Waals surface area (Å²) in [5, 5.41) is 0. The second kappa shape index (κ2) is 7.41. The molecule has 0 amide bonds. The van der Waals surface area contributed by atoms with Crippen molar-refractivity contribution in [2.45, 2.75) is 70.7 Å². The molecular weight excluding hydrogens is 320 g/mol. The maximum Gasteiger partial charge on any atom is 0.490 e. The Labute approximate surface area is 151 Å². The average Bonchev–Trinajstić information content (AvgIpc) is 3.08. The van der Waals surface area contributed by atoms with Crippen molar-refractivity contribution in [1.29, 1.82) is 0 Å². The van der Waals surface area contributed by atoms with E-state index < -0.39 is 0 Å². The third-order valence-electron chi connectivity index (χ3n) is 5.85. The van der Waals surface area contributed by atoms with Crippen LogP contribution in [0.2, 0.25) is 0 Å². The van der Waals surface area contributed by atoms with Crippen LogP contribution in [0, 0.1) is 0 Å². The molecule has 0 spiro atoms. The van der Waals surface area contributed by atoms with Crippen molar-refractivity contribution in [2.24, 2.45) is 0 Å². The summed E-state index contributed by atoms with van der Waals surface area (Å²) in [5.41, 5.74) is 0.583. The first-order valence-corrected chi connectivity index (χ1v) is 9.51. The number of hydrogen-bond acceptors (Lipinski definition) is 4. The fourth-order valence-corrected chi connectivity index (χ4v) is 3.52. The highest BCUT2D eigenvalue weighted by Crippen LogP contribution is 2.40. The molecule has 2 aliphatic heterocycles. The predicted molar refractivity (Wildman–Crippen MR) is 98.0 cm³/mol. The number of halogens is 1. The third kappa shape index (κ3) is 4.29. The number of likely N-dealkylation sites (tertiary alicyclic amines) is 1. The van der Waals surface area contributed by atoms with Gasteiger partial charge in [0.2, 0.25) is 0 Å². The van der Waals surface area contributed by atoms with Crippen molar-refractivity contribution in [2.75, 3.05) is 26.3 Å². The summed E-state index contributed by atoms with van der Waals surface area (Å²) in [6, 6.07) is 0. The maximum atomic E-state index is 12.3. The Hall–Kier alpha value is -0.845. The van der Waals surface area contributed by atoms with Crippen LogP contribution >= 0.6 is 0 Å². The summed E-state index contributed by atoms with van der Waals surface area (Å²) >= 11 is 0. The molecule has 0 aromatic carbocycles. The Bertz CT molecular complexity index is 531. The third-order valence-corrected chi connectivity index (χ3v) is 5.85. The van der Waals surface area contributed by atoms with Gasteiger partial charge < -0.3 is 14.0 Å². The zero-order valence-corrected chi connectivity index (χ0v) is 16.0. The second-order valence-corrected chi connectivity index (χ2v) is 8.33. The van der Waals surface area contributed by atoms with Crippen LogP contribution in [0.25, 0.3) is 0 Å². The lowest BCUT2D eigenvalue weighted by Gasteiger charge is -2.32. The number of alkyl halides is 1. The van der Waals surface area contributed by atoms with Gasteiger partial charge in [-0.2, -0.15) is 0 Å². The van der Waals surface area contributed by atoms with E-state index in [9.17, 15) is 4.39 Å². The maximum absolute atomic E-state index is 12.3. The van der Waals surface area contributed by atoms with Crippen molar-refractivity contribution in [3.8, 4) is 0 Å². The Morgan fingerprint density at radius 3 is 2.52 bits per heavy atom. The molecule has 2 heterocycles. The fraction of sp³-hybridized carbons (Fsp3) is 0.789. The molecule has 25 heavy (non-hydrogen) atoms. The minimum atomic E-state index is -0.300. The van der Waals surface area contributed by atoms with E-state index in [2.05, 4.69) is 44.7 Å². The van der Waals surface area contributed by atoms with Crippen LogP contribution < -0.4 is 0 Å². The topological polar surface area (TPSA) is 30.9 Å². The molecule has 0 N–H and O–H groups in total. The zero-order valence-electron chi connectivity index (χ0n) is 16.0. The lowest BCUT2D eigenvalue weighted by molar-refractivity contribution is 0.00578. The number of allylic oxidation sites excluding steroid dienone is 4. The van der Waals surface area contributed by atoms with E-state index in [0.29, 0.717) is 6.42 Å². The van der Waals surface area contributed by atoms with Gasteiger partial charge in [-0.1, -0.05) is 6.08 Å². The van der Waals surface area contributed by atoms with Gasteiger partial charge in [0.25, 0.3) is 0 Å². The molecular formula is C19H31BFNO3. The summed E-state index contributed by atoms with van der Waals surface area (Å²) < 4.78 is 30.7. The number of hydrogen-bond donors (Lipinski definition) is 0. The molecule has 0 radical (unpaired) electrons. The average molecular weight is 351 g/mol. The molecule has 1 aliphatic carbocycles. The van der Waals surface area contributed by atoms with Crippen molar-refractivity contribution in [3.05, 3.63) is 23.4 Å². The Morgan fingerprint density at radius 2 is 1.92 bits per heavy atom. The molecule has 1 atom stereocenters. The van der Waals surface area contributed by atoms with Crippen LogP contribution in [0.1, 0.15) is 53.4 Å². The Morgan fingerprint density at radius 1 is 1.20 bits per heavy atom. The quantitative estimate of drug-likeness (QED) is 0.684. The van der Waals surface area contributed by atoms with Gasteiger partial charge in [-0.3, -0.25) is 9.29 Å². The highest BCUT2D eigenvalue weighted by atomic mass is 19.1. The van der Waals surface area contributed by atoms with E-state index in [0.717, 1.165) is 44.7 Å². The minimum absolute atomic E-state index is 0.234. The number of ether oxygens (including phenoxy) is 1. The van der Waals surface area contributed by atoms with Gasteiger partial charge in [0.15, 0.2) is 0 Å². The van der Waals surface area contributed by atoms with E-state index in [1.165, 1.54) is 5.47 Å². The molecule has 0 saturated carbocycles. The van der Waals surface area contributed by atoms with Gasteiger partial charge in [-0.15, -0.1) is 0 Å². The van der Waals surface area contributed by atoms with E-state index in [-0.39, 0.29) is 31.1 Å². The monoisotopic (exact) mass is 351 g/mol. The summed E-state index contributed by atoms with van der Waals surface area (Å²) in [6.07, 6.45) is 7.83. The molecule has 140 valence electrons. The summed E-state index contributed by atoms with van der Waals surface area (Å²) in [7, 11) is -0.259. The molecule has 3 aliphatic rings. The second-order valence-electron chi connectivity index (χ2n) is 8.33. The number of rotatable bonds is 6. The molecule has 2 saturated heterocycles. The first-order chi connectivity index (χ1) is 11.8. The largest absolute Gasteiger partial charge is 0.493 e. The lowest BCUT2D eigenvalue weighted by atomic mass is 9.74. The Kier molecular flexibility index (Phi) is 5.61. The first kappa shape index (κ1) is 18.9. The van der Waals surface area contributed by atoms with Crippen molar-refractivity contribution >= 4 is 7.12 Å². The standard InChI is InChI=1S/C19H31BFNO3/c1-18(2)19(3,4)25-20(24-18)15-6-8-16(9-7-15)23-17-10-13-22(14-17)12-5-11-21/h6,8,17H,5,7,9-14H2,1-4H3/t17-/m0/s1. The van der Waals surface area contributed by atoms with Gasteiger partial charge >= 0.3 is 7.12 Å². The van der Waals surface area contributed by atoms with Crippen LogP contribution in [-0.4, -0.2) is 55.6 Å². The molecule has 0 unspecified atom stereocenters. The highest BCUT2D eigenvalue weighted by Gasteiger charge is 2.52. The smallest absolute Gasteiger partial charge is 0.490 e. The molecule has 0 aromatic rings. The zero-order chi connectivity index (χ0) is 18.1. The van der Waals surface area contributed by atoms with Crippen LogP contribution in [0.5, 0.6) is 0 Å². The molecule has 4 nitrogen and oxygen atoms in total. The van der Waals surface area contributed by atoms with Crippen LogP contribution in [0.3, 0.4) is 0 Å². The molecule has 2 fully saturated rings.